The Hall–Kier alpha value is -0.450. The van der Waals surface area contributed by atoms with Crippen LogP contribution in [0.4, 0.5) is 0 Å². The maximum Gasteiger partial charge on any atom is 0.0420 e. The van der Waals surface area contributed by atoms with Crippen molar-refractivity contribution < 1.29 is 0 Å². The molecule has 1 aromatic heterocycles. The van der Waals surface area contributed by atoms with E-state index in [4.69, 9.17) is 5.84 Å². The fraction of sp³-hybridized carbons (Fsp3) is 0.615. The van der Waals surface area contributed by atoms with E-state index in [2.05, 4.69) is 32.4 Å². The molecule has 1 unspecified atom stereocenters. The number of hydrogen-bond acceptors (Lipinski definition) is 3. The first-order valence-corrected chi connectivity index (χ1v) is 7.14. The molecule has 0 bridgehead atoms. The van der Waals surface area contributed by atoms with E-state index in [1.807, 2.05) is 12.3 Å². The van der Waals surface area contributed by atoms with Gasteiger partial charge in [0.1, 0.15) is 0 Å². The molecule has 0 aliphatic heterocycles. The Morgan fingerprint density at radius 3 is 2.76 bits per heavy atom. The molecule has 1 aliphatic carbocycles. The van der Waals surface area contributed by atoms with Gasteiger partial charge in [0.15, 0.2) is 0 Å². The van der Waals surface area contributed by atoms with Gasteiger partial charge in [-0.1, -0.05) is 25.7 Å². The van der Waals surface area contributed by atoms with E-state index >= 15 is 0 Å². The third kappa shape index (κ3) is 4.05. The lowest BCUT2D eigenvalue weighted by molar-refractivity contribution is 0.387. The number of hydrazine groups is 1. The maximum absolute atomic E-state index is 5.64. The predicted molar refractivity (Wildman–Crippen MR) is 73.3 cm³/mol. The van der Waals surface area contributed by atoms with Gasteiger partial charge in [-0.2, -0.15) is 0 Å². The molecule has 0 radical (unpaired) electrons. The number of hydrogen-bond donors (Lipinski definition) is 2. The van der Waals surface area contributed by atoms with Gasteiger partial charge in [-0.05, 0) is 40.4 Å². The average molecular weight is 298 g/mol. The molecule has 4 heteroatoms. The second kappa shape index (κ2) is 6.47. The Labute approximate surface area is 111 Å². The summed E-state index contributed by atoms with van der Waals surface area (Å²) >= 11 is 3.40. The number of nitrogens with one attached hydrogen (secondary N) is 1. The van der Waals surface area contributed by atoms with Crippen molar-refractivity contribution in [2.45, 2.75) is 44.6 Å². The van der Waals surface area contributed by atoms with Gasteiger partial charge in [0, 0.05) is 28.8 Å². The Balaban J connectivity index is 1.87. The lowest BCUT2D eigenvalue weighted by Crippen LogP contribution is -2.38. The minimum absolute atomic E-state index is 0.353. The van der Waals surface area contributed by atoms with Crippen LogP contribution in [0.2, 0.25) is 0 Å². The highest BCUT2D eigenvalue weighted by Gasteiger charge is 2.19. The summed E-state index contributed by atoms with van der Waals surface area (Å²) in [5, 5.41) is 0. The van der Waals surface area contributed by atoms with Crippen molar-refractivity contribution in [3.05, 3.63) is 28.5 Å². The van der Waals surface area contributed by atoms with Crippen molar-refractivity contribution >= 4 is 15.9 Å². The number of nitrogens with two attached hydrogens (primary N) is 1. The summed E-state index contributed by atoms with van der Waals surface area (Å²) in [5.74, 6) is 6.49. The number of aromatic nitrogens is 1. The van der Waals surface area contributed by atoms with Gasteiger partial charge in [0.2, 0.25) is 0 Å². The maximum atomic E-state index is 5.64. The van der Waals surface area contributed by atoms with E-state index in [0.29, 0.717) is 6.04 Å². The Kier molecular flexibility index (Phi) is 4.95. The molecule has 94 valence electrons. The fourth-order valence-electron chi connectivity index (χ4n) is 2.64. The molecule has 0 aromatic carbocycles. The lowest BCUT2D eigenvalue weighted by atomic mass is 9.96. The van der Waals surface area contributed by atoms with E-state index in [1.54, 1.807) is 0 Å². The van der Waals surface area contributed by atoms with Crippen LogP contribution >= 0.6 is 15.9 Å². The first-order valence-electron chi connectivity index (χ1n) is 6.34. The highest BCUT2D eigenvalue weighted by molar-refractivity contribution is 9.10. The van der Waals surface area contributed by atoms with Gasteiger partial charge < -0.3 is 0 Å². The van der Waals surface area contributed by atoms with Crippen molar-refractivity contribution in [1.29, 1.82) is 0 Å². The Morgan fingerprint density at radius 2 is 2.18 bits per heavy atom. The summed E-state index contributed by atoms with van der Waals surface area (Å²) in [6, 6.07) is 4.45. The van der Waals surface area contributed by atoms with Crippen LogP contribution in [0, 0.1) is 5.92 Å². The van der Waals surface area contributed by atoms with Crippen LogP contribution in [0.1, 0.15) is 37.8 Å². The van der Waals surface area contributed by atoms with Crippen molar-refractivity contribution in [2.75, 3.05) is 0 Å². The van der Waals surface area contributed by atoms with Crippen LogP contribution in [0.3, 0.4) is 0 Å². The molecule has 1 heterocycles. The molecule has 0 spiro atoms. The minimum Gasteiger partial charge on any atom is -0.271 e. The Bertz CT molecular complexity index is 333. The zero-order valence-electron chi connectivity index (χ0n) is 10.0. The van der Waals surface area contributed by atoms with Crippen molar-refractivity contribution in [3.8, 4) is 0 Å². The third-order valence-electron chi connectivity index (χ3n) is 3.57. The summed E-state index contributed by atoms with van der Waals surface area (Å²) in [4.78, 5) is 4.40. The zero-order chi connectivity index (χ0) is 12.1. The minimum atomic E-state index is 0.353. The molecule has 1 saturated carbocycles. The van der Waals surface area contributed by atoms with Crippen molar-refractivity contribution in [2.24, 2.45) is 11.8 Å². The van der Waals surface area contributed by atoms with Crippen molar-refractivity contribution in [1.82, 2.24) is 10.4 Å². The number of nitrogens with zero attached hydrogens (tertiary/aromatic N) is 1. The van der Waals surface area contributed by atoms with Gasteiger partial charge in [-0.3, -0.25) is 16.3 Å². The first kappa shape index (κ1) is 13.0. The van der Waals surface area contributed by atoms with E-state index in [1.165, 1.54) is 32.1 Å². The van der Waals surface area contributed by atoms with Gasteiger partial charge in [0.05, 0.1) is 0 Å². The van der Waals surface area contributed by atoms with Crippen LogP contribution < -0.4 is 11.3 Å². The zero-order valence-corrected chi connectivity index (χ0v) is 11.6. The summed E-state index contributed by atoms with van der Waals surface area (Å²) in [7, 11) is 0. The van der Waals surface area contributed by atoms with E-state index < -0.39 is 0 Å². The lowest BCUT2D eigenvalue weighted by Gasteiger charge is -2.19. The normalized spacial score (nSPS) is 18.5. The highest BCUT2D eigenvalue weighted by Crippen LogP contribution is 2.29. The smallest absolute Gasteiger partial charge is 0.0420 e. The van der Waals surface area contributed by atoms with Crippen LogP contribution in [0.15, 0.2) is 22.8 Å². The number of halogens is 1. The van der Waals surface area contributed by atoms with Crippen LogP contribution in [-0.2, 0) is 6.42 Å². The second-order valence-electron chi connectivity index (χ2n) is 4.92. The van der Waals surface area contributed by atoms with E-state index in [0.717, 1.165) is 22.5 Å². The topological polar surface area (TPSA) is 50.9 Å². The number of pyridine rings is 1. The SMILES string of the molecule is NNC(Cc1ccc(Br)cn1)CC1CCCC1. The summed E-state index contributed by atoms with van der Waals surface area (Å²) < 4.78 is 1.02. The summed E-state index contributed by atoms with van der Waals surface area (Å²) in [6.45, 7) is 0. The summed E-state index contributed by atoms with van der Waals surface area (Å²) in [5.41, 5.74) is 4.05. The Morgan fingerprint density at radius 1 is 1.41 bits per heavy atom. The monoisotopic (exact) mass is 297 g/mol. The highest BCUT2D eigenvalue weighted by atomic mass is 79.9. The molecular formula is C13H20BrN3. The molecule has 1 aliphatic rings. The van der Waals surface area contributed by atoms with Gasteiger partial charge in [-0.25, -0.2) is 0 Å². The van der Waals surface area contributed by atoms with Gasteiger partial charge in [-0.15, -0.1) is 0 Å². The average Bonchev–Trinajstić information content (AvgIpc) is 2.84. The molecular weight excluding hydrogens is 278 g/mol. The summed E-state index contributed by atoms with van der Waals surface area (Å²) in [6.07, 6.45) is 9.45. The molecule has 3 N–H and O–H groups in total. The quantitative estimate of drug-likeness (QED) is 0.649. The molecule has 3 nitrogen and oxygen atoms in total. The first-order chi connectivity index (χ1) is 8.28. The molecule has 1 atom stereocenters. The van der Waals surface area contributed by atoms with Crippen LogP contribution in [0.25, 0.3) is 0 Å². The largest absolute Gasteiger partial charge is 0.271 e. The standard InChI is InChI=1S/C13H20BrN3/c14-11-5-6-12(16-9-11)8-13(17-15)7-10-3-1-2-4-10/h5-6,9-10,13,17H,1-4,7-8,15H2. The van der Waals surface area contributed by atoms with Crippen molar-refractivity contribution in [3.63, 3.8) is 0 Å². The third-order valence-corrected chi connectivity index (χ3v) is 4.04. The molecule has 17 heavy (non-hydrogen) atoms. The van der Waals surface area contributed by atoms with Gasteiger partial charge >= 0.3 is 0 Å². The molecule has 1 aromatic rings. The molecule has 2 rings (SSSR count). The van der Waals surface area contributed by atoms with Crippen LogP contribution in [-0.4, -0.2) is 11.0 Å². The van der Waals surface area contributed by atoms with E-state index in [-0.39, 0.29) is 0 Å². The molecule has 0 amide bonds. The van der Waals surface area contributed by atoms with E-state index in [9.17, 15) is 0 Å². The van der Waals surface area contributed by atoms with Crippen LogP contribution in [0.5, 0.6) is 0 Å². The molecule has 1 fully saturated rings. The fourth-order valence-corrected chi connectivity index (χ4v) is 2.87. The second-order valence-corrected chi connectivity index (χ2v) is 5.84. The number of rotatable bonds is 5. The van der Waals surface area contributed by atoms with Gasteiger partial charge in [0.25, 0.3) is 0 Å². The predicted octanol–water partition coefficient (Wildman–Crippen LogP) is 2.80. The molecule has 0 saturated heterocycles.